The van der Waals surface area contributed by atoms with Crippen molar-refractivity contribution in [3.8, 4) is 0 Å². The van der Waals surface area contributed by atoms with Gasteiger partial charge in [0.25, 0.3) is 0 Å². The SMILES string of the molecule is Cc1cccc(C2C=Cc3c(Br)cccc32)c1C. The number of rotatable bonds is 1. The van der Waals surface area contributed by atoms with Crippen molar-refractivity contribution in [1.82, 2.24) is 0 Å². The number of allylic oxidation sites excluding steroid dienone is 1. The molecule has 1 atom stereocenters. The van der Waals surface area contributed by atoms with Gasteiger partial charge in [0, 0.05) is 10.4 Å². The van der Waals surface area contributed by atoms with Crippen molar-refractivity contribution < 1.29 is 0 Å². The first-order valence-corrected chi connectivity index (χ1v) is 7.00. The zero-order valence-corrected chi connectivity index (χ0v) is 12.2. The monoisotopic (exact) mass is 298 g/mol. The van der Waals surface area contributed by atoms with E-state index in [0.29, 0.717) is 5.92 Å². The van der Waals surface area contributed by atoms with Gasteiger partial charge in [0.05, 0.1) is 0 Å². The molecule has 90 valence electrons. The van der Waals surface area contributed by atoms with E-state index in [1.54, 1.807) is 0 Å². The summed E-state index contributed by atoms with van der Waals surface area (Å²) >= 11 is 3.63. The number of fused-ring (bicyclic) bond motifs is 1. The van der Waals surface area contributed by atoms with E-state index >= 15 is 0 Å². The average molecular weight is 299 g/mol. The third-order valence-electron chi connectivity index (χ3n) is 3.86. The first-order chi connectivity index (χ1) is 8.68. The maximum atomic E-state index is 3.63. The van der Waals surface area contributed by atoms with Gasteiger partial charge in [-0.15, -0.1) is 0 Å². The molecule has 18 heavy (non-hydrogen) atoms. The lowest BCUT2D eigenvalue weighted by atomic mass is 9.88. The number of benzene rings is 2. The Labute approximate surface area is 116 Å². The summed E-state index contributed by atoms with van der Waals surface area (Å²) < 4.78 is 1.18. The van der Waals surface area contributed by atoms with E-state index in [1.165, 1.54) is 32.3 Å². The zero-order chi connectivity index (χ0) is 12.7. The highest BCUT2D eigenvalue weighted by atomic mass is 79.9. The minimum atomic E-state index is 0.400. The Morgan fingerprint density at radius 1 is 0.944 bits per heavy atom. The molecule has 2 aromatic rings. The van der Waals surface area contributed by atoms with Crippen LogP contribution >= 0.6 is 15.9 Å². The van der Waals surface area contributed by atoms with Gasteiger partial charge < -0.3 is 0 Å². The number of aryl methyl sites for hydroxylation is 1. The molecule has 0 aliphatic heterocycles. The molecule has 2 aromatic carbocycles. The Balaban J connectivity index is 2.15. The fourth-order valence-corrected chi connectivity index (χ4v) is 3.19. The molecule has 0 radical (unpaired) electrons. The average Bonchev–Trinajstić information content (AvgIpc) is 2.78. The number of hydrogen-bond acceptors (Lipinski definition) is 0. The van der Waals surface area contributed by atoms with Crippen molar-refractivity contribution in [3.05, 3.63) is 74.8 Å². The van der Waals surface area contributed by atoms with Gasteiger partial charge in [0.15, 0.2) is 0 Å². The highest BCUT2D eigenvalue weighted by Gasteiger charge is 2.21. The van der Waals surface area contributed by atoms with Gasteiger partial charge in [-0.25, -0.2) is 0 Å². The number of hydrogen-bond donors (Lipinski definition) is 0. The van der Waals surface area contributed by atoms with Gasteiger partial charge >= 0.3 is 0 Å². The second-order valence-corrected chi connectivity index (χ2v) is 5.72. The van der Waals surface area contributed by atoms with E-state index in [-0.39, 0.29) is 0 Å². The minimum Gasteiger partial charge on any atom is -0.0720 e. The molecule has 1 aliphatic carbocycles. The van der Waals surface area contributed by atoms with E-state index in [1.807, 2.05) is 0 Å². The van der Waals surface area contributed by atoms with Crippen LogP contribution in [0.5, 0.6) is 0 Å². The van der Waals surface area contributed by atoms with Crippen molar-refractivity contribution in [2.75, 3.05) is 0 Å². The predicted molar refractivity (Wildman–Crippen MR) is 80.9 cm³/mol. The van der Waals surface area contributed by atoms with Crippen molar-refractivity contribution in [2.45, 2.75) is 19.8 Å². The molecule has 0 saturated heterocycles. The Morgan fingerprint density at radius 2 is 1.67 bits per heavy atom. The predicted octanol–water partition coefficient (Wildman–Crippen LogP) is 5.22. The Bertz CT molecular complexity index is 638. The third-order valence-corrected chi connectivity index (χ3v) is 4.55. The summed E-state index contributed by atoms with van der Waals surface area (Å²) in [6, 6.07) is 13.0. The zero-order valence-electron chi connectivity index (χ0n) is 10.6. The fraction of sp³-hybridized carbons (Fsp3) is 0.176. The summed E-state index contributed by atoms with van der Waals surface area (Å²) in [6.07, 6.45) is 4.53. The number of halogens is 1. The van der Waals surface area contributed by atoms with Crippen LogP contribution in [0.1, 0.15) is 33.7 Å². The molecule has 0 heterocycles. The summed E-state index contributed by atoms with van der Waals surface area (Å²) in [5.41, 5.74) is 6.91. The molecular weight excluding hydrogens is 284 g/mol. The summed E-state index contributed by atoms with van der Waals surface area (Å²) in [4.78, 5) is 0. The first kappa shape index (κ1) is 11.7. The molecule has 0 fully saturated rings. The standard InChI is InChI=1S/C17H15Br/c1-11-5-3-6-13(12(11)2)15-9-10-16-14(15)7-4-8-17(16)18/h3-10,15H,1-2H3. The van der Waals surface area contributed by atoms with Crippen LogP contribution in [-0.2, 0) is 0 Å². The van der Waals surface area contributed by atoms with Gasteiger partial charge in [-0.3, -0.25) is 0 Å². The molecule has 1 unspecified atom stereocenters. The van der Waals surface area contributed by atoms with Crippen LogP contribution < -0.4 is 0 Å². The van der Waals surface area contributed by atoms with Gasteiger partial charge in [-0.2, -0.15) is 0 Å². The minimum absolute atomic E-state index is 0.400. The fourth-order valence-electron chi connectivity index (χ4n) is 2.68. The Hall–Kier alpha value is -1.34. The molecule has 0 N–H and O–H groups in total. The van der Waals surface area contributed by atoms with Crippen LogP contribution in [0.2, 0.25) is 0 Å². The molecule has 0 nitrogen and oxygen atoms in total. The molecule has 0 saturated carbocycles. The third kappa shape index (κ3) is 1.74. The van der Waals surface area contributed by atoms with E-state index in [9.17, 15) is 0 Å². The van der Waals surface area contributed by atoms with Gasteiger partial charge in [-0.05, 0) is 47.7 Å². The van der Waals surface area contributed by atoms with Crippen molar-refractivity contribution in [3.63, 3.8) is 0 Å². The van der Waals surface area contributed by atoms with Crippen molar-refractivity contribution in [1.29, 1.82) is 0 Å². The quantitative estimate of drug-likeness (QED) is 0.677. The molecular formula is C17H15Br. The first-order valence-electron chi connectivity index (χ1n) is 6.21. The topological polar surface area (TPSA) is 0 Å². The Kier molecular flexibility index (Phi) is 2.87. The molecule has 0 amide bonds. The summed E-state index contributed by atoms with van der Waals surface area (Å²) in [6.45, 7) is 4.40. The molecule has 1 heteroatoms. The lowest BCUT2D eigenvalue weighted by Crippen LogP contribution is -2.00. The molecule has 0 bridgehead atoms. The van der Waals surface area contributed by atoms with E-state index in [0.717, 1.165) is 0 Å². The summed E-state index contributed by atoms with van der Waals surface area (Å²) in [5, 5.41) is 0. The second-order valence-electron chi connectivity index (χ2n) is 4.87. The summed E-state index contributed by atoms with van der Waals surface area (Å²) in [7, 11) is 0. The van der Waals surface area contributed by atoms with E-state index < -0.39 is 0 Å². The van der Waals surface area contributed by atoms with Gasteiger partial charge in [0.2, 0.25) is 0 Å². The van der Waals surface area contributed by atoms with Crippen LogP contribution in [-0.4, -0.2) is 0 Å². The van der Waals surface area contributed by atoms with E-state index in [4.69, 9.17) is 0 Å². The lowest BCUT2D eigenvalue weighted by molar-refractivity contribution is 1.02. The van der Waals surface area contributed by atoms with Crippen LogP contribution in [0, 0.1) is 13.8 Å². The van der Waals surface area contributed by atoms with E-state index in [2.05, 4.69) is 78.3 Å². The van der Waals surface area contributed by atoms with Gasteiger partial charge in [0.1, 0.15) is 0 Å². The maximum absolute atomic E-state index is 3.63. The van der Waals surface area contributed by atoms with Crippen molar-refractivity contribution in [2.24, 2.45) is 0 Å². The highest BCUT2D eigenvalue weighted by molar-refractivity contribution is 9.10. The molecule has 0 spiro atoms. The smallest absolute Gasteiger partial charge is 0.0281 e. The largest absolute Gasteiger partial charge is 0.0720 e. The van der Waals surface area contributed by atoms with Gasteiger partial charge in [-0.1, -0.05) is 58.4 Å². The normalized spacial score (nSPS) is 16.9. The molecule has 1 aliphatic rings. The molecule has 3 rings (SSSR count). The van der Waals surface area contributed by atoms with Crippen LogP contribution in [0.3, 0.4) is 0 Å². The van der Waals surface area contributed by atoms with Crippen LogP contribution in [0.15, 0.2) is 46.9 Å². The van der Waals surface area contributed by atoms with Crippen molar-refractivity contribution >= 4 is 22.0 Å². The Morgan fingerprint density at radius 3 is 2.50 bits per heavy atom. The van der Waals surface area contributed by atoms with Crippen LogP contribution in [0.4, 0.5) is 0 Å². The lowest BCUT2D eigenvalue weighted by Gasteiger charge is -2.16. The highest BCUT2D eigenvalue weighted by Crippen LogP contribution is 2.39. The van der Waals surface area contributed by atoms with Crippen LogP contribution in [0.25, 0.3) is 6.08 Å². The molecule has 0 aromatic heterocycles. The summed E-state index contributed by atoms with van der Waals surface area (Å²) in [5.74, 6) is 0.400. The maximum Gasteiger partial charge on any atom is 0.0281 e. The second kappa shape index (κ2) is 4.40.